The highest BCUT2D eigenvalue weighted by atomic mass is 31.1. The van der Waals surface area contributed by atoms with Crippen molar-refractivity contribution in [2.24, 2.45) is 0 Å². The maximum atomic E-state index is 11.7. The van der Waals surface area contributed by atoms with Crippen LogP contribution in [0.25, 0.3) is 0 Å². The lowest BCUT2D eigenvalue weighted by molar-refractivity contribution is 0.0653. The number of hydrogen-bond donors (Lipinski definition) is 0. The fourth-order valence-electron chi connectivity index (χ4n) is 1.64. The van der Waals surface area contributed by atoms with Crippen LogP contribution in [0.15, 0.2) is 48.5 Å². The summed E-state index contributed by atoms with van der Waals surface area (Å²) >= 11 is 0. The number of carbonyl (C=O) groups excluding carboxylic acids is 2. The molecule has 0 atom stereocenters. The summed E-state index contributed by atoms with van der Waals surface area (Å²) in [4.78, 5) is 23.5. The van der Waals surface area contributed by atoms with Gasteiger partial charge in [0.05, 0.1) is 11.1 Å². The summed E-state index contributed by atoms with van der Waals surface area (Å²) in [6, 6.07) is 13.1. The fourth-order valence-corrected chi connectivity index (χ4v) is 2.16. The molecule has 2 rings (SSSR count). The SMILES string of the molecule is Cc1ccc(C(=O)O[P](=O)OC(=O)c2ccc(C)cc2)cc1. The molecule has 0 saturated heterocycles. The second-order valence-electron chi connectivity index (χ2n) is 4.71. The molecule has 0 saturated carbocycles. The van der Waals surface area contributed by atoms with Crippen molar-refractivity contribution in [3.63, 3.8) is 0 Å². The third kappa shape index (κ3) is 4.24. The van der Waals surface area contributed by atoms with E-state index in [9.17, 15) is 14.2 Å². The van der Waals surface area contributed by atoms with Gasteiger partial charge in [-0.1, -0.05) is 35.4 Å². The Balaban J connectivity index is 1.95. The minimum atomic E-state index is -2.87. The normalized spacial score (nSPS) is 9.91. The average molecular weight is 317 g/mol. The second kappa shape index (κ2) is 6.96. The zero-order chi connectivity index (χ0) is 16.1. The van der Waals surface area contributed by atoms with Gasteiger partial charge in [0.15, 0.2) is 0 Å². The Morgan fingerprint density at radius 2 is 1.05 bits per heavy atom. The van der Waals surface area contributed by atoms with Gasteiger partial charge in [-0.15, -0.1) is 0 Å². The molecule has 22 heavy (non-hydrogen) atoms. The molecule has 113 valence electrons. The van der Waals surface area contributed by atoms with Crippen molar-refractivity contribution >= 4 is 20.2 Å². The molecule has 2 aromatic rings. The Hall–Kier alpha value is -2.52. The molecular weight excluding hydrogens is 303 g/mol. The van der Waals surface area contributed by atoms with E-state index in [1.54, 1.807) is 48.5 Å². The third-order valence-electron chi connectivity index (χ3n) is 2.89. The third-order valence-corrected chi connectivity index (χ3v) is 3.52. The molecule has 5 nitrogen and oxygen atoms in total. The summed E-state index contributed by atoms with van der Waals surface area (Å²) in [5, 5.41) is 0. The van der Waals surface area contributed by atoms with Crippen LogP contribution in [0.5, 0.6) is 0 Å². The van der Waals surface area contributed by atoms with Gasteiger partial charge in [-0.2, -0.15) is 4.57 Å². The monoisotopic (exact) mass is 317 g/mol. The van der Waals surface area contributed by atoms with Crippen molar-refractivity contribution in [3.8, 4) is 0 Å². The van der Waals surface area contributed by atoms with Crippen LogP contribution in [0.1, 0.15) is 31.8 Å². The molecule has 0 unspecified atom stereocenters. The van der Waals surface area contributed by atoms with Gasteiger partial charge >= 0.3 is 20.2 Å². The van der Waals surface area contributed by atoms with Gasteiger partial charge < -0.3 is 9.05 Å². The Labute approximate surface area is 128 Å². The molecule has 1 radical (unpaired) electrons. The molecule has 0 fully saturated rings. The van der Waals surface area contributed by atoms with E-state index in [1.807, 2.05) is 13.8 Å². The van der Waals surface area contributed by atoms with E-state index in [0.717, 1.165) is 11.1 Å². The minimum Gasteiger partial charge on any atom is -0.349 e. The maximum Gasteiger partial charge on any atom is 0.497 e. The number of rotatable bonds is 4. The molecule has 0 spiro atoms. The van der Waals surface area contributed by atoms with Crippen molar-refractivity contribution in [1.29, 1.82) is 0 Å². The van der Waals surface area contributed by atoms with Crippen LogP contribution in [0.3, 0.4) is 0 Å². The topological polar surface area (TPSA) is 69.7 Å². The molecule has 0 bridgehead atoms. The smallest absolute Gasteiger partial charge is 0.349 e. The summed E-state index contributed by atoms with van der Waals surface area (Å²) in [6.45, 7) is 3.75. The van der Waals surface area contributed by atoms with Crippen LogP contribution in [-0.4, -0.2) is 11.9 Å². The van der Waals surface area contributed by atoms with E-state index in [4.69, 9.17) is 0 Å². The molecule has 0 aromatic heterocycles. The number of hydrogen-bond acceptors (Lipinski definition) is 5. The van der Waals surface area contributed by atoms with Crippen LogP contribution in [0, 0.1) is 13.8 Å². The van der Waals surface area contributed by atoms with Gasteiger partial charge in [0.25, 0.3) is 0 Å². The molecule has 0 amide bonds. The van der Waals surface area contributed by atoms with Gasteiger partial charge in [0, 0.05) is 0 Å². The maximum absolute atomic E-state index is 11.7. The first-order chi connectivity index (χ1) is 10.5. The number of carbonyl (C=O) groups is 2. The van der Waals surface area contributed by atoms with Crippen molar-refractivity contribution in [2.45, 2.75) is 13.8 Å². The van der Waals surface area contributed by atoms with E-state index >= 15 is 0 Å². The van der Waals surface area contributed by atoms with Gasteiger partial charge in [0.1, 0.15) is 0 Å². The predicted molar refractivity (Wildman–Crippen MR) is 80.8 cm³/mol. The summed E-state index contributed by atoms with van der Waals surface area (Å²) in [6.07, 6.45) is 0. The first-order valence-corrected chi connectivity index (χ1v) is 7.60. The highest BCUT2D eigenvalue weighted by molar-refractivity contribution is 7.34. The van der Waals surface area contributed by atoms with E-state index in [-0.39, 0.29) is 11.1 Å². The first-order valence-electron chi connectivity index (χ1n) is 6.51. The molecule has 0 heterocycles. The summed E-state index contributed by atoms with van der Waals surface area (Å²) in [7, 11) is -2.87. The average Bonchev–Trinajstić information content (AvgIpc) is 2.48. The van der Waals surface area contributed by atoms with Gasteiger partial charge in [-0.25, -0.2) is 9.59 Å². The quantitative estimate of drug-likeness (QED) is 0.798. The largest absolute Gasteiger partial charge is 0.497 e. The van der Waals surface area contributed by atoms with Crippen molar-refractivity contribution in [3.05, 3.63) is 70.8 Å². The zero-order valence-corrected chi connectivity index (χ0v) is 13.0. The van der Waals surface area contributed by atoms with E-state index in [1.165, 1.54) is 0 Å². The standard InChI is InChI=1S/C16H14O5P/c1-11-3-7-13(8-4-11)15(17)20-22(19)21-16(18)14-9-5-12(2)6-10-14/h3-10H,1-2H3. The Morgan fingerprint density at radius 3 is 1.36 bits per heavy atom. The van der Waals surface area contributed by atoms with E-state index < -0.39 is 20.2 Å². The van der Waals surface area contributed by atoms with Crippen LogP contribution < -0.4 is 0 Å². The van der Waals surface area contributed by atoms with Crippen molar-refractivity contribution in [1.82, 2.24) is 0 Å². The lowest BCUT2D eigenvalue weighted by Gasteiger charge is -2.04. The van der Waals surface area contributed by atoms with E-state index in [0.29, 0.717) is 0 Å². The highest BCUT2D eigenvalue weighted by Crippen LogP contribution is 2.27. The predicted octanol–water partition coefficient (Wildman–Crippen LogP) is 3.97. The fraction of sp³-hybridized carbons (Fsp3) is 0.125. The Kier molecular flexibility index (Phi) is 5.02. The number of benzene rings is 2. The van der Waals surface area contributed by atoms with Gasteiger partial charge in [-0.3, -0.25) is 0 Å². The van der Waals surface area contributed by atoms with Crippen LogP contribution in [-0.2, 0) is 13.6 Å². The lowest BCUT2D eigenvalue weighted by atomic mass is 10.2. The van der Waals surface area contributed by atoms with Gasteiger partial charge in [-0.05, 0) is 38.1 Å². The summed E-state index contributed by atoms with van der Waals surface area (Å²) in [5.74, 6) is -1.62. The van der Waals surface area contributed by atoms with Crippen LogP contribution in [0.4, 0.5) is 0 Å². The molecule has 0 aliphatic carbocycles. The lowest BCUT2D eigenvalue weighted by Crippen LogP contribution is -2.04. The van der Waals surface area contributed by atoms with Crippen molar-refractivity contribution < 1.29 is 23.2 Å². The first kappa shape index (κ1) is 15.9. The van der Waals surface area contributed by atoms with Crippen LogP contribution in [0.2, 0.25) is 0 Å². The molecular formula is C16H14O5P. The Bertz CT molecular complexity index is 643. The summed E-state index contributed by atoms with van der Waals surface area (Å²) < 4.78 is 20.8. The molecule has 6 heteroatoms. The number of aryl methyl sites for hydroxylation is 2. The molecule has 0 aliphatic rings. The summed E-state index contributed by atoms with van der Waals surface area (Å²) in [5.41, 5.74) is 2.43. The van der Waals surface area contributed by atoms with Gasteiger partial charge in [0.2, 0.25) is 0 Å². The van der Waals surface area contributed by atoms with Crippen LogP contribution >= 0.6 is 8.25 Å². The zero-order valence-electron chi connectivity index (χ0n) is 12.1. The molecule has 0 aliphatic heterocycles. The molecule has 2 aromatic carbocycles. The Morgan fingerprint density at radius 1 is 0.727 bits per heavy atom. The highest BCUT2D eigenvalue weighted by Gasteiger charge is 2.18. The van der Waals surface area contributed by atoms with Crippen molar-refractivity contribution in [2.75, 3.05) is 0 Å². The minimum absolute atomic E-state index is 0.236. The second-order valence-corrected chi connectivity index (χ2v) is 5.53. The molecule has 0 N–H and O–H groups in total. The van der Waals surface area contributed by atoms with E-state index in [2.05, 4.69) is 9.05 Å².